The van der Waals surface area contributed by atoms with Gasteiger partial charge in [-0.05, 0) is 32.4 Å². The second-order valence-electron chi connectivity index (χ2n) is 5.70. The third kappa shape index (κ3) is 3.07. The van der Waals surface area contributed by atoms with Crippen LogP contribution in [0.2, 0.25) is 0 Å². The molecule has 4 heteroatoms. The SMILES string of the molecule is CCCC(C)(C)NC(=O)c1cc(N)nc2ccccc12. The fourth-order valence-corrected chi connectivity index (χ4v) is 2.45. The van der Waals surface area contributed by atoms with Gasteiger partial charge in [0, 0.05) is 10.9 Å². The number of aromatic nitrogens is 1. The number of pyridine rings is 1. The Morgan fingerprint density at radius 2 is 2.05 bits per heavy atom. The van der Waals surface area contributed by atoms with Crippen LogP contribution in [-0.2, 0) is 0 Å². The van der Waals surface area contributed by atoms with E-state index in [2.05, 4.69) is 17.2 Å². The molecule has 0 aliphatic rings. The van der Waals surface area contributed by atoms with Gasteiger partial charge in [0.2, 0.25) is 0 Å². The normalized spacial score (nSPS) is 11.6. The number of para-hydroxylation sites is 1. The molecule has 106 valence electrons. The van der Waals surface area contributed by atoms with Crippen molar-refractivity contribution in [3.8, 4) is 0 Å². The predicted octanol–water partition coefficient (Wildman–Crippen LogP) is 3.13. The lowest BCUT2D eigenvalue weighted by Gasteiger charge is -2.26. The van der Waals surface area contributed by atoms with Gasteiger partial charge in [-0.25, -0.2) is 4.98 Å². The summed E-state index contributed by atoms with van der Waals surface area (Å²) >= 11 is 0. The highest BCUT2D eigenvalue weighted by molar-refractivity contribution is 6.07. The Kier molecular flexibility index (Phi) is 3.93. The minimum atomic E-state index is -0.231. The van der Waals surface area contributed by atoms with Crippen LogP contribution in [0.15, 0.2) is 30.3 Å². The zero-order valence-corrected chi connectivity index (χ0v) is 12.2. The standard InChI is InChI=1S/C16H21N3O/c1-4-9-16(2,3)19-15(20)12-10-14(17)18-13-8-6-5-7-11(12)13/h5-8,10H,4,9H2,1-3H3,(H2,17,18)(H,19,20). The Morgan fingerprint density at radius 3 is 2.75 bits per heavy atom. The molecule has 0 spiro atoms. The van der Waals surface area contributed by atoms with Gasteiger partial charge in [0.25, 0.3) is 5.91 Å². The molecule has 4 nitrogen and oxygen atoms in total. The van der Waals surface area contributed by atoms with E-state index in [1.165, 1.54) is 0 Å². The van der Waals surface area contributed by atoms with E-state index < -0.39 is 0 Å². The zero-order valence-electron chi connectivity index (χ0n) is 12.2. The van der Waals surface area contributed by atoms with E-state index in [0.717, 1.165) is 23.7 Å². The molecule has 0 aliphatic heterocycles. The van der Waals surface area contributed by atoms with Crippen molar-refractivity contribution in [2.75, 3.05) is 5.73 Å². The summed E-state index contributed by atoms with van der Waals surface area (Å²) in [4.78, 5) is 16.8. The Balaban J connectivity index is 2.39. The van der Waals surface area contributed by atoms with E-state index in [1.54, 1.807) is 6.07 Å². The molecule has 1 aromatic heterocycles. The highest BCUT2D eigenvalue weighted by Crippen LogP contribution is 2.21. The van der Waals surface area contributed by atoms with E-state index in [0.29, 0.717) is 11.4 Å². The number of carbonyl (C=O) groups is 1. The van der Waals surface area contributed by atoms with Gasteiger partial charge in [-0.3, -0.25) is 4.79 Å². The smallest absolute Gasteiger partial charge is 0.252 e. The zero-order chi connectivity index (χ0) is 14.8. The molecule has 0 aliphatic carbocycles. The monoisotopic (exact) mass is 271 g/mol. The van der Waals surface area contributed by atoms with Crippen molar-refractivity contribution >= 4 is 22.6 Å². The Hall–Kier alpha value is -2.10. The molecule has 0 radical (unpaired) electrons. The molecule has 20 heavy (non-hydrogen) atoms. The summed E-state index contributed by atoms with van der Waals surface area (Å²) in [5.41, 5.74) is 6.89. The molecule has 3 N–H and O–H groups in total. The Bertz CT molecular complexity index is 635. The van der Waals surface area contributed by atoms with E-state index in [4.69, 9.17) is 5.73 Å². The van der Waals surface area contributed by atoms with E-state index in [-0.39, 0.29) is 11.4 Å². The van der Waals surface area contributed by atoms with Crippen LogP contribution in [0.1, 0.15) is 44.0 Å². The second kappa shape index (κ2) is 5.49. The molecule has 0 saturated carbocycles. The summed E-state index contributed by atoms with van der Waals surface area (Å²) in [6.45, 7) is 6.16. The number of hydrogen-bond donors (Lipinski definition) is 2. The van der Waals surface area contributed by atoms with Crippen LogP contribution < -0.4 is 11.1 Å². The fourth-order valence-electron chi connectivity index (χ4n) is 2.45. The Morgan fingerprint density at radius 1 is 1.35 bits per heavy atom. The molecular weight excluding hydrogens is 250 g/mol. The van der Waals surface area contributed by atoms with Gasteiger partial charge in [0.15, 0.2) is 0 Å². The second-order valence-corrected chi connectivity index (χ2v) is 5.70. The van der Waals surface area contributed by atoms with Gasteiger partial charge < -0.3 is 11.1 Å². The first kappa shape index (κ1) is 14.3. The number of hydrogen-bond acceptors (Lipinski definition) is 3. The lowest BCUT2D eigenvalue weighted by atomic mass is 9.98. The minimum Gasteiger partial charge on any atom is -0.384 e. The van der Waals surface area contributed by atoms with Crippen LogP contribution in [0.4, 0.5) is 5.82 Å². The van der Waals surface area contributed by atoms with E-state index in [1.807, 2.05) is 38.1 Å². The van der Waals surface area contributed by atoms with Crippen molar-refractivity contribution in [3.63, 3.8) is 0 Å². The number of nitrogens with one attached hydrogen (secondary N) is 1. The molecule has 1 aromatic carbocycles. The maximum atomic E-state index is 12.5. The number of nitrogen functional groups attached to an aromatic ring is 1. The van der Waals surface area contributed by atoms with Gasteiger partial charge in [0.1, 0.15) is 5.82 Å². The van der Waals surface area contributed by atoms with Crippen LogP contribution in [0.25, 0.3) is 10.9 Å². The average Bonchev–Trinajstić information content (AvgIpc) is 2.36. The summed E-state index contributed by atoms with van der Waals surface area (Å²) in [6, 6.07) is 9.18. The Labute approximate surface area is 119 Å². The van der Waals surface area contributed by atoms with Crippen molar-refractivity contribution < 1.29 is 4.79 Å². The highest BCUT2D eigenvalue weighted by Gasteiger charge is 2.21. The summed E-state index contributed by atoms with van der Waals surface area (Å²) in [5.74, 6) is 0.260. The number of amides is 1. The van der Waals surface area contributed by atoms with Gasteiger partial charge >= 0.3 is 0 Å². The summed E-state index contributed by atoms with van der Waals surface area (Å²) in [7, 11) is 0. The lowest BCUT2D eigenvalue weighted by Crippen LogP contribution is -2.43. The third-order valence-electron chi connectivity index (χ3n) is 3.31. The molecule has 0 saturated heterocycles. The number of anilines is 1. The van der Waals surface area contributed by atoms with Crippen molar-refractivity contribution in [1.82, 2.24) is 10.3 Å². The molecule has 0 atom stereocenters. The number of nitrogens with two attached hydrogens (primary N) is 1. The first-order chi connectivity index (χ1) is 9.43. The lowest BCUT2D eigenvalue weighted by molar-refractivity contribution is 0.0910. The molecule has 2 aromatic rings. The molecule has 0 bridgehead atoms. The van der Waals surface area contributed by atoms with Crippen molar-refractivity contribution in [2.45, 2.75) is 39.2 Å². The summed E-state index contributed by atoms with van der Waals surface area (Å²) < 4.78 is 0. The van der Waals surface area contributed by atoms with Crippen LogP contribution in [-0.4, -0.2) is 16.4 Å². The van der Waals surface area contributed by atoms with Crippen molar-refractivity contribution in [3.05, 3.63) is 35.9 Å². The maximum Gasteiger partial charge on any atom is 0.252 e. The van der Waals surface area contributed by atoms with Gasteiger partial charge in [-0.15, -0.1) is 0 Å². The number of rotatable bonds is 4. The average molecular weight is 271 g/mol. The molecule has 0 unspecified atom stereocenters. The third-order valence-corrected chi connectivity index (χ3v) is 3.31. The largest absolute Gasteiger partial charge is 0.384 e. The maximum absolute atomic E-state index is 12.5. The topological polar surface area (TPSA) is 68.0 Å². The van der Waals surface area contributed by atoms with Crippen LogP contribution in [0.5, 0.6) is 0 Å². The molecule has 0 fully saturated rings. The van der Waals surface area contributed by atoms with Gasteiger partial charge in [-0.2, -0.15) is 0 Å². The van der Waals surface area contributed by atoms with Crippen LogP contribution in [0, 0.1) is 0 Å². The molecule has 2 rings (SSSR count). The number of nitrogens with zero attached hydrogens (tertiary/aromatic N) is 1. The quantitative estimate of drug-likeness (QED) is 0.897. The van der Waals surface area contributed by atoms with Crippen molar-refractivity contribution in [1.29, 1.82) is 0 Å². The summed E-state index contributed by atoms with van der Waals surface area (Å²) in [6.07, 6.45) is 1.95. The predicted molar refractivity (Wildman–Crippen MR) is 82.6 cm³/mol. The first-order valence-corrected chi connectivity index (χ1v) is 6.91. The van der Waals surface area contributed by atoms with E-state index in [9.17, 15) is 4.79 Å². The number of benzene rings is 1. The summed E-state index contributed by atoms with van der Waals surface area (Å²) in [5, 5.41) is 3.90. The number of fused-ring (bicyclic) bond motifs is 1. The van der Waals surface area contributed by atoms with Gasteiger partial charge in [-0.1, -0.05) is 31.5 Å². The number of carbonyl (C=O) groups excluding carboxylic acids is 1. The fraction of sp³-hybridized carbons (Fsp3) is 0.375. The van der Waals surface area contributed by atoms with Crippen LogP contribution >= 0.6 is 0 Å². The molecule has 1 heterocycles. The van der Waals surface area contributed by atoms with Crippen molar-refractivity contribution in [2.24, 2.45) is 0 Å². The van der Waals surface area contributed by atoms with E-state index >= 15 is 0 Å². The molecule has 1 amide bonds. The highest BCUT2D eigenvalue weighted by atomic mass is 16.1. The minimum absolute atomic E-state index is 0.103. The van der Waals surface area contributed by atoms with Crippen LogP contribution in [0.3, 0.4) is 0 Å². The van der Waals surface area contributed by atoms with Gasteiger partial charge in [0.05, 0.1) is 11.1 Å². The first-order valence-electron chi connectivity index (χ1n) is 6.91. The molecular formula is C16H21N3O.